The molecule has 0 aromatic heterocycles. The fourth-order valence-electron chi connectivity index (χ4n) is 0.845. The number of carboxylic acids is 1. The number of ether oxygens (including phenoxy) is 1. The van der Waals surface area contributed by atoms with E-state index >= 15 is 0 Å². The Balaban J connectivity index is 0. The van der Waals surface area contributed by atoms with Gasteiger partial charge in [-0.1, -0.05) is 6.92 Å². The molecule has 0 saturated carbocycles. The van der Waals surface area contributed by atoms with Crippen molar-refractivity contribution in [3.05, 3.63) is 0 Å². The van der Waals surface area contributed by atoms with Crippen molar-refractivity contribution < 1.29 is 19.4 Å². The lowest BCUT2D eigenvalue weighted by atomic mass is 10.2. The van der Waals surface area contributed by atoms with Crippen molar-refractivity contribution in [3.8, 4) is 0 Å². The smallest absolute Gasteiger partial charge is 0.323 e. The van der Waals surface area contributed by atoms with Gasteiger partial charge in [-0.2, -0.15) is 11.8 Å². The zero-order valence-corrected chi connectivity index (χ0v) is 12.1. The summed E-state index contributed by atoms with van der Waals surface area (Å²) in [6.07, 6.45) is 0. The van der Waals surface area contributed by atoms with Crippen LogP contribution in [0.2, 0.25) is 0 Å². The average molecular weight is 278 g/mol. The van der Waals surface area contributed by atoms with E-state index in [0.717, 1.165) is 0 Å². The third-order valence-electron chi connectivity index (χ3n) is 1.91. The normalized spacial score (nSPS) is 12.7. The van der Waals surface area contributed by atoms with E-state index in [1.165, 1.54) is 18.9 Å². The number of carbonyl (C=O) groups is 2. The summed E-state index contributed by atoms with van der Waals surface area (Å²) >= 11 is 1.42. The van der Waals surface area contributed by atoms with Gasteiger partial charge in [0.25, 0.3) is 0 Å². The Bertz CT molecular complexity index is 261. The van der Waals surface area contributed by atoms with E-state index in [-0.39, 0.29) is 12.0 Å². The second-order valence-electron chi connectivity index (χ2n) is 3.46. The molecule has 0 aromatic carbocycles. The maximum atomic E-state index is 11.1. The first-order valence-corrected chi connectivity index (χ1v) is 6.50. The topological polar surface area (TPSA) is 88.0 Å². The lowest BCUT2D eigenvalue weighted by Crippen LogP contribution is -2.37. The first kappa shape index (κ1) is 19.3. The largest absolute Gasteiger partial charge is 0.481 e. The molecule has 0 aromatic rings. The maximum Gasteiger partial charge on any atom is 0.323 e. The number of carboxylic acid groups (broad SMARTS) is 1. The number of nitrogens with one attached hydrogen (secondary N) is 1. The van der Waals surface area contributed by atoms with Gasteiger partial charge < -0.3 is 20.2 Å². The van der Waals surface area contributed by atoms with Gasteiger partial charge in [0.05, 0.1) is 13.0 Å². The van der Waals surface area contributed by atoms with Gasteiger partial charge in [0.15, 0.2) is 0 Å². The molecule has 2 atom stereocenters. The van der Waals surface area contributed by atoms with Crippen LogP contribution in [0, 0.1) is 5.92 Å². The molecule has 0 heterocycles. The molecule has 0 rings (SSSR count). The Labute approximate surface area is 112 Å². The molecule has 6 nitrogen and oxygen atoms in total. The molecule has 0 aliphatic carbocycles. The molecule has 2 N–H and O–H groups in total. The minimum Gasteiger partial charge on any atom is -0.481 e. The zero-order valence-electron chi connectivity index (χ0n) is 11.3. The number of hydrogen-bond acceptors (Lipinski definition) is 6. The van der Waals surface area contributed by atoms with Gasteiger partial charge in [-0.25, -0.2) is 0 Å². The lowest BCUT2D eigenvalue weighted by Gasteiger charge is -2.13. The number of likely N-dealkylation sites (N-methyl/N-ethyl adjacent to an activating group) is 1. The highest BCUT2D eigenvalue weighted by Crippen LogP contribution is 2.10. The molecule has 7 heteroatoms. The van der Waals surface area contributed by atoms with Gasteiger partial charge >= 0.3 is 11.9 Å². The predicted octanol–water partition coefficient (Wildman–Crippen LogP) is 0.518. The van der Waals surface area contributed by atoms with Crippen LogP contribution in [0.25, 0.3) is 0 Å². The minimum atomic E-state index is -0.818. The molecule has 0 fully saturated rings. The molecule has 0 spiro atoms. The Morgan fingerprint density at radius 3 is 2.33 bits per heavy atom. The third-order valence-corrected chi connectivity index (χ3v) is 3.21. The van der Waals surface area contributed by atoms with Gasteiger partial charge in [-0.3, -0.25) is 9.59 Å². The van der Waals surface area contributed by atoms with Crippen LogP contribution in [0.1, 0.15) is 6.92 Å². The van der Waals surface area contributed by atoms with Gasteiger partial charge in [-0.05, 0) is 13.8 Å². The quantitative estimate of drug-likeness (QED) is 0.521. The number of carbonyl (C=O) groups excluding carboxylic acids is 1. The molecule has 0 amide bonds. The number of esters is 1. The fourth-order valence-corrected chi connectivity index (χ4v) is 2.02. The van der Waals surface area contributed by atoms with Crippen molar-refractivity contribution in [2.45, 2.75) is 13.0 Å². The molecular weight excluding hydrogens is 256 g/mol. The second kappa shape index (κ2) is 12.4. The number of rotatable bonds is 7. The average Bonchev–Trinajstić information content (AvgIpc) is 2.34. The summed E-state index contributed by atoms with van der Waals surface area (Å²) in [5.41, 5.74) is 0. The van der Waals surface area contributed by atoms with Gasteiger partial charge in [0.2, 0.25) is 0 Å². The Morgan fingerprint density at radius 1 is 1.50 bits per heavy atom. The zero-order chi connectivity index (χ0) is 14.6. The third kappa shape index (κ3) is 10.1. The predicted molar refractivity (Wildman–Crippen MR) is 74.5 cm³/mol. The van der Waals surface area contributed by atoms with Crippen LogP contribution in [-0.2, 0) is 14.3 Å². The van der Waals surface area contributed by atoms with Crippen LogP contribution in [0.3, 0.4) is 0 Å². The van der Waals surface area contributed by atoms with E-state index in [1.54, 1.807) is 21.0 Å². The first-order chi connectivity index (χ1) is 8.44. The van der Waals surface area contributed by atoms with E-state index in [1.807, 2.05) is 0 Å². The Morgan fingerprint density at radius 2 is 2.00 bits per heavy atom. The molecule has 0 aliphatic rings. The molecule has 0 aliphatic heterocycles. The number of aliphatic imine (C=N–C) groups is 1. The minimum absolute atomic E-state index is 0.326. The van der Waals surface area contributed by atoms with E-state index in [4.69, 9.17) is 5.11 Å². The van der Waals surface area contributed by atoms with Gasteiger partial charge in [0.1, 0.15) is 6.04 Å². The summed E-state index contributed by atoms with van der Waals surface area (Å²) in [6.45, 7) is 4.75. The highest BCUT2D eigenvalue weighted by molar-refractivity contribution is 7.99. The van der Waals surface area contributed by atoms with Crippen LogP contribution in [-0.4, -0.2) is 62.5 Å². The van der Waals surface area contributed by atoms with E-state index in [0.29, 0.717) is 11.5 Å². The van der Waals surface area contributed by atoms with Crippen molar-refractivity contribution in [1.82, 2.24) is 5.32 Å². The molecule has 0 bridgehead atoms. The highest BCUT2D eigenvalue weighted by Gasteiger charge is 2.18. The van der Waals surface area contributed by atoms with Crippen molar-refractivity contribution in [3.63, 3.8) is 0 Å². The van der Waals surface area contributed by atoms with Crippen molar-refractivity contribution in [2.24, 2.45) is 10.9 Å². The Hall–Kier alpha value is -1.08. The summed E-state index contributed by atoms with van der Waals surface area (Å²) in [5, 5.41) is 11.5. The summed E-state index contributed by atoms with van der Waals surface area (Å²) in [4.78, 5) is 24.9. The number of aliphatic carboxylic acids is 1. The van der Waals surface area contributed by atoms with Gasteiger partial charge in [0, 0.05) is 18.6 Å². The number of nitrogens with zero attached hydrogens (tertiary/aromatic N) is 1. The van der Waals surface area contributed by atoms with Crippen LogP contribution in [0.15, 0.2) is 4.99 Å². The molecule has 0 radical (unpaired) electrons. The number of hydrogen-bond donors (Lipinski definition) is 2. The second-order valence-corrected chi connectivity index (χ2v) is 4.53. The van der Waals surface area contributed by atoms with Crippen LogP contribution in [0.5, 0.6) is 0 Å². The number of thioether (sulfide) groups is 1. The van der Waals surface area contributed by atoms with Crippen LogP contribution in [0.4, 0.5) is 0 Å². The monoisotopic (exact) mass is 278 g/mol. The van der Waals surface area contributed by atoms with Crippen LogP contribution >= 0.6 is 11.8 Å². The standard InChI is InChI=1S/C9H17NO4S.C2H5N/c1-6(8(11)12)4-15-5-7(10-2)9(13)14-3;1-3-2/h6-7,10H,4-5H2,1-3H3,(H,11,12);1H2,2H3. The molecular formula is C11H22N2O4S. The summed E-state index contributed by atoms with van der Waals surface area (Å²) < 4.78 is 4.58. The molecule has 0 saturated heterocycles. The highest BCUT2D eigenvalue weighted by atomic mass is 32.2. The first-order valence-electron chi connectivity index (χ1n) is 5.34. The summed E-state index contributed by atoms with van der Waals surface area (Å²) in [6, 6.07) is -0.374. The van der Waals surface area contributed by atoms with E-state index in [9.17, 15) is 9.59 Å². The van der Waals surface area contributed by atoms with E-state index in [2.05, 4.69) is 21.8 Å². The SMILES string of the molecule is C=NC.CNC(CSCC(C)C(=O)O)C(=O)OC. The van der Waals surface area contributed by atoms with Gasteiger partial charge in [-0.15, -0.1) is 0 Å². The maximum absolute atomic E-state index is 11.1. The molecule has 18 heavy (non-hydrogen) atoms. The number of methoxy groups -OCH3 is 1. The molecule has 106 valence electrons. The summed E-state index contributed by atoms with van der Waals surface area (Å²) in [5.74, 6) is -0.537. The molecule has 2 unspecified atom stereocenters. The Kier molecular flexibility index (Phi) is 13.2. The fraction of sp³-hybridized carbons (Fsp3) is 0.727. The van der Waals surface area contributed by atoms with Crippen LogP contribution < -0.4 is 5.32 Å². The van der Waals surface area contributed by atoms with E-state index < -0.39 is 11.9 Å². The van der Waals surface area contributed by atoms with Crippen molar-refractivity contribution in [2.75, 3.05) is 32.7 Å². The summed E-state index contributed by atoms with van der Waals surface area (Å²) in [7, 11) is 4.64. The lowest BCUT2D eigenvalue weighted by molar-refractivity contribution is -0.142. The van der Waals surface area contributed by atoms with Crippen molar-refractivity contribution >= 4 is 30.4 Å². The van der Waals surface area contributed by atoms with Crippen molar-refractivity contribution in [1.29, 1.82) is 0 Å².